The van der Waals surface area contributed by atoms with Crippen LogP contribution in [0.1, 0.15) is 39.5 Å². The molecule has 0 aromatic heterocycles. The summed E-state index contributed by atoms with van der Waals surface area (Å²) >= 11 is 10.5. The number of allylic oxidation sites excluding steroid dienone is 2. The Balaban J connectivity index is 1.60. The predicted octanol–water partition coefficient (Wildman–Crippen LogP) is 7.51. The third-order valence-corrected chi connectivity index (χ3v) is 12.3. The van der Waals surface area contributed by atoms with Crippen LogP contribution in [0, 0.1) is 0 Å². The fourth-order valence-electron chi connectivity index (χ4n) is 2.58. The summed E-state index contributed by atoms with van der Waals surface area (Å²) in [5.74, 6) is 1.56. The van der Waals surface area contributed by atoms with Crippen molar-refractivity contribution in [1.82, 2.24) is 0 Å². The Kier molecular flexibility index (Phi) is 11.4. The van der Waals surface area contributed by atoms with Crippen LogP contribution < -0.4 is 0 Å². The second-order valence-corrected chi connectivity index (χ2v) is 14.2. The molecule has 2 unspecified atom stereocenters. The van der Waals surface area contributed by atoms with Crippen molar-refractivity contribution >= 4 is 80.8 Å². The molecule has 2 aliphatic rings. The number of hydrogen-bond donors (Lipinski definition) is 0. The van der Waals surface area contributed by atoms with E-state index in [-0.39, 0.29) is 10.2 Å². The summed E-state index contributed by atoms with van der Waals surface area (Å²) in [7, 11) is 0. The molecule has 0 spiro atoms. The summed E-state index contributed by atoms with van der Waals surface area (Å²) in [4.78, 5) is 28.3. The largest absolute Gasteiger partial charge is 0.282 e. The summed E-state index contributed by atoms with van der Waals surface area (Å²) in [6.45, 7) is 11.4. The zero-order valence-electron chi connectivity index (χ0n) is 16.2. The zero-order chi connectivity index (χ0) is 20.5. The number of unbranched alkanes of at least 4 members (excludes halogenated alkanes) is 1. The maximum Gasteiger partial charge on any atom is 0.211 e. The lowest BCUT2D eigenvalue weighted by Gasteiger charge is -2.11. The van der Waals surface area contributed by atoms with E-state index in [2.05, 4.69) is 27.0 Å². The van der Waals surface area contributed by atoms with E-state index in [0.29, 0.717) is 9.16 Å². The van der Waals surface area contributed by atoms with E-state index in [4.69, 9.17) is 0 Å². The van der Waals surface area contributed by atoms with Crippen molar-refractivity contribution in [1.29, 1.82) is 0 Å². The third kappa shape index (κ3) is 8.26. The molecule has 0 fully saturated rings. The molecule has 28 heavy (non-hydrogen) atoms. The quantitative estimate of drug-likeness (QED) is 0.217. The van der Waals surface area contributed by atoms with Crippen LogP contribution in [-0.4, -0.2) is 30.9 Å². The first-order valence-electron chi connectivity index (χ1n) is 9.07. The topological polar surface area (TPSA) is 34.1 Å². The van der Waals surface area contributed by atoms with Crippen LogP contribution in [0.5, 0.6) is 0 Å². The normalized spacial score (nSPS) is 22.1. The maximum atomic E-state index is 11.4. The lowest BCUT2D eigenvalue weighted by molar-refractivity contribution is -0.107. The lowest BCUT2D eigenvalue weighted by atomic mass is 10.2. The fourth-order valence-corrected chi connectivity index (χ4v) is 10.7. The summed E-state index contributed by atoms with van der Waals surface area (Å²) in [6.07, 6.45) is 7.67. The molecule has 0 amide bonds. The van der Waals surface area contributed by atoms with Gasteiger partial charge in [0.1, 0.15) is 0 Å². The van der Waals surface area contributed by atoms with Crippen LogP contribution in [0.25, 0.3) is 0 Å². The van der Waals surface area contributed by atoms with E-state index in [1.165, 1.54) is 81.0 Å². The molecule has 0 bridgehead atoms. The van der Waals surface area contributed by atoms with Crippen molar-refractivity contribution in [2.45, 2.75) is 48.7 Å². The van der Waals surface area contributed by atoms with E-state index in [9.17, 15) is 9.59 Å². The van der Waals surface area contributed by atoms with Crippen molar-refractivity contribution < 1.29 is 9.59 Å². The Hall–Kier alpha value is 0.400. The molecule has 154 valence electrons. The molecule has 2 nitrogen and oxygen atoms in total. The number of carbonyl (C=O) groups excluding carboxylic acids is 2. The second-order valence-electron chi connectivity index (χ2n) is 6.20. The third-order valence-electron chi connectivity index (χ3n) is 4.10. The average molecular weight is 491 g/mol. The van der Waals surface area contributed by atoms with Gasteiger partial charge in [0.25, 0.3) is 0 Å². The first kappa shape index (κ1) is 24.7. The van der Waals surface area contributed by atoms with Gasteiger partial charge in [0.2, 0.25) is 10.2 Å². The van der Waals surface area contributed by atoms with Crippen molar-refractivity contribution in [2.24, 2.45) is 0 Å². The molecule has 0 saturated carbocycles. The molecule has 0 radical (unpaired) electrons. The van der Waals surface area contributed by atoms with Crippen molar-refractivity contribution in [2.75, 3.05) is 11.5 Å². The summed E-state index contributed by atoms with van der Waals surface area (Å²) in [6, 6.07) is 0. The lowest BCUT2D eigenvalue weighted by Crippen LogP contribution is -1.97. The molecular weight excluding hydrogens is 465 g/mol. The average Bonchev–Trinajstić information content (AvgIpc) is 3.22. The molecule has 2 atom stereocenters. The number of hydrogen-bond acceptors (Lipinski definition) is 8. The minimum Gasteiger partial charge on any atom is -0.282 e. The predicted molar refractivity (Wildman–Crippen MR) is 137 cm³/mol. The number of rotatable bonds is 11. The molecule has 0 aromatic rings. The summed E-state index contributed by atoms with van der Waals surface area (Å²) in [5, 5.41) is 0.105. The molecule has 2 rings (SSSR count). The van der Waals surface area contributed by atoms with E-state index >= 15 is 0 Å². The van der Waals surface area contributed by atoms with Crippen molar-refractivity contribution in [3.05, 3.63) is 44.9 Å². The highest BCUT2D eigenvalue weighted by molar-refractivity contribution is 8.25. The van der Waals surface area contributed by atoms with E-state index in [0.717, 1.165) is 11.5 Å². The Labute approximate surface area is 194 Å². The van der Waals surface area contributed by atoms with Gasteiger partial charge in [-0.05, 0) is 48.7 Å². The Morgan fingerprint density at radius 1 is 0.821 bits per heavy atom. The van der Waals surface area contributed by atoms with Crippen LogP contribution in [0.2, 0.25) is 0 Å². The van der Waals surface area contributed by atoms with Gasteiger partial charge in [-0.2, -0.15) is 0 Å². The molecule has 0 aromatic carbocycles. The Bertz CT molecular complexity index is 624. The molecule has 2 aliphatic heterocycles. The first-order chi connectivity index (χ1) is 13.4. The minimum atomic E-state index is 0.0523. The number of thioether (sulfide) groups is 6. The fraction of sp³-hybridized carbons (Fsp3) is 0.500. The first-order valence-corrected chi connectivity index (χ1v) is 14.6. The van der Waals surface area contributed by atoms with Gasteiger partial charge in [-0.25, -0.2) is 0 Å². The standard InChI is InChI=1S/C20H26O2S6/c1-5-17(21)23-11-15-13(3)25-19(27-15)9-7-8-10-20-26-14(4)16(28-20)12-24-18(22)6-2/h5-6,19-20H,1-2,7-12H2,3-4H3. The molecular formula is C20H26O2S6. The zero-order valence-corrected chi connectivity index (χ0v) is 21.1. The van der Waals surface area contributed by atoms with Crippen LogP contribution >= 0.6 is 70.6 Å². The highest BCUT2D eigenvalue weighted by atomic mass is 32.2. The van der Waals surface area contributed by atoms with Gasteiger partial charge >= 0.3 is 0 Å². The van der Waals surface area contributed by atoms with Gasteiger partial charge in [0.05, 0.1) is 9.16 Å². The molecule has 0 aliphatic carbocycles. The minimum absolute atomic E-state index is 0.0523. The summed E-state index contributed by atoms with van der Waals surface area (Å²) in [5.41, 5.74) is 0. The van der Waals surface area contributed by atoms with E-state index in [1.54, 1.807) is 0 Å². The van der Waals surface area contributed by atoms with Crippen molar-refractivity contribution in [3.63, 3.8) is 0 Å². The number of carbonyl (C=O) groups is 2. The van der Waals surface area contributed by atoms with E-state index in [1.807, 2.05) is 47.0 Å². The molecule has 8 heteroatoms. The Morgan fingerprint density at radius 3 is 1.57 bits per heavy atom. The van der Waals surface area contributed by atoms with Gasteiger partial charge in [-0.1, -0.05) is 49.5 Å². The van der Waals surface area contributed by atoms with E-state index < -0.39 is 0 Å². The Morgan fingerprint density at radius 2 is 1.21 bits per heavy atom. The van der Waals surface area contributed by atoms with Crippen LogP contribution in [0.4, 0.5) is 0 Å². The van der Waals surface area contributed by atoms with Crippen molar-refractivity contribution in [3.8, 4) is 0 Å². The van der Waals surface area contributed by atoms with Gasteiger partial charge < -0.3 is 0 Å². The highest BCUT2D eigenvalue weighted by Crippen LogP contribution is 2.50. The monoisotopic (exact) mass is 490 g/mol. The highest BCUT2D eigenvalue weighted by Gasteiger charge is 2.25. The van der Waals surface area contributed by atoms with Gasteiger partial charge in [0.15, 0.2) is 0 Å². The molecule has 0 saturated heterocycles. The molecule has 2 heterocycles. The SMILES string of the molecule is C=CC(=O)SCC1=C(C)SC(CCCCC2SC(C)=C(CSC(=O)C=C)S2)S1. The van der Waals surface area contributed by atoms with Gasteiger partial charge in [-0.3, -0.25) is 9.59 Å². The summed E-state index contributed by atoms with van der Waals surface area (Å²) < 4.78 is 1.19. The van der Waals surface area contributed by atoms with Gasteiger partial charge in [0, 0.05) is 21.3 Å². The maximum absolute atomic E-state index is 11.4. The smallest absolute Gasteiger partial charge is 0.211 e. The van der Waals surface area contributed by atoms with Crippen LogP contribution in [0.15, 0.2) is 44.9 Å². The van der Waals surface area contributed by atoms with Crippen LogP contribution in [0.3, 0.4) is 0 Å². The second kappa shape index (κ2) is 13.0. The van der Waals surface area contributed by atoms with Gasteiger partial charge in [-0.15, -0.1) is 47.0 Å². The molecule has 0 N–H and O–H groups in total. The van der Waals surface area contributed by atoms with Crippen LogP contribution in [-0.2, 0) is 9.59 Å².